The maximum absolute atomic E-state index is 4.71. The topological polar surface area (TPSA) is 53.9 Å². The third-order valence-corrected chi connectivity index (χ3v) is 4.95. The summed E-state index contributed by atoms with van der Waals surface area (Å²) in [6.07, 6.45) is 3.41. The maximum atomic E-state index is 4.71. The van der Waals surface area contributed by atoms with Crippen molar-refractivity contribution >= 4 is 17.0 Å². The van der Waals surface area contributed by atoms with E-state index in [9.17, 15) is 0 Å². The van der Waals surface area contributed by atoms with E-state index >= 15 is 0 Å². The third-order valence-electron chi connectivity index (χ3n) is 4.95. The maximum Gasteiger partial charge on any atom is 0.180 e. The lowest BCUT2D eigenvalue weighted by Crippen LogP contribution is -2.45. The molecule has 0 saturated carbocycles. The van der Waals surface area contributed by atoms with Crippen molar-refractivity contribution in [2.24, 2.45) is 11.8 Å². The molecule has 2 aliphatic rings. The summed E-state index contributed by atoms with van der Waals surface area (Å²) in [5.74, 6) is 2.45. The van der Waals surface area contributed by atoms with Gasteiger partial charge in [0.1, 0.15) is 11.3 Å². The van der Waals surface area contributed by atoms with Crippen molar-refractivity contribution in [3.63, 3.8) is 0 Å². The fourth-order valence-electron chi connectivity index (χ4n) is 3.80. The van der Waals surface area contributed by atoms with Crippen LogP contribution in [0.15, 0.2) is 24.5 Å². The fourth-order valence-corrected chi connectivity index (χ4v) is 3.80. The van der Waals surface area contributed by atoms with Gasteiger partial charge in [-0.2, -0.15) is 0 Å². The minimum atomic E-state index is 0.136. The van der Waals surface area contributed by atoms with Crippen LogP contribution in [0.4, 0.5) is 5.82 Å². The Labute approximate surface area is 118 Å². The number of anilines is 1. The summed E-state index contributed by atoms with van der Waals surface area (Å²) in [6, 6.07) is 4.10. The van der Waals surface area contributed by atoms with Crippen LogP contribution in [-0.4, -0.2) is 40.1 Å². The highest BCUT2D eigenvalue weighted by Crippen LogP contribution is 2.42. The Kier molecular flexibility index (Phi) is 2.48. The van der Waals surface area contributed by atoms with E-state index in [1.165, 1.54) is 0 Å². The molecule has 2 atom stereocenters. The summed E-state index contributed by atoms with van der Waals surface area (Å²) in [5, 5.41) is 3.51. The molecule has 20 heavy (non-hydrogen) atoms. The van der Waals surface area contributed by atoms with Crippen LogP contribution in [-0.2, 0) is 0 Å². The Morgan fingerprint density at radius 1 is 1.20 bits per heavy atom. The Balaban J connectivity index is 1.75. The standard InChI is InChI=1S/C15H19N5/c1-15(2)11-8-16-7-10(11)9-20(15)13-4-3-12-14(19-13)18-6-5-17-12/h3-6,10-11,16H,7-9H2,1-2H3. The lowest BCUT2D eigenvalue weighted by molar-refractivity contribution is 0.356. The van der Waals surface area contributed by atoms with E-state index in [1.807, 2.05) is 6.07 Å². The second-order valence-corrected chi connectivity index (χ2v) is 6.36. The summed E-state index contributed by atoms with van der Waals surface area (Å²) < 4.78 is 0. The average molecular weight is 269 g/mol. The summed E-state index contributed by atoms with van der Waals surface area (Å²) in [6.45, 7) is 7.96. The van der Waals surface area contributed by atoms with Gasteiger partial charge in [0.15, 0.2) is 5.65 Å². The lowest BCUT2D eigenvalue weighted by Gasteiger charge is -2.36. The minimum Gasteiger partial charge on any atom is -0.351 e. The molecule has 2 fully saturated rings. The predicted octanol–water partition coefficient (Wildman–Crippen LogP) is 1.46. The number of fused-ring (bicyclic) bond motifs is 2. The quantitative estimate of drug-likeness (QED) is 0.849. The Morgan fingerprint density at radius 2 is 2.05 bits per heavy atom. The summed E-state index contributed by atoms with van der Waals surface area (Å²) >= 11 is 0. The van der Waals surface area contributed by atoms with Gasteiger partial charge in [0.2, 0.25) is 0 Å². The van der Waals surface area contributed by atoms with Crippen molar-refractivity contribution < 1.29 is 0 Å². The molecule has 5 nitrogen and oxygen atoms in total. The molecule has 0 radical (unpaired) electrons. The van der Waals surface area contributed by atoms with Crippen LogP contribution in [0.2, 0.25) is 0 Å². The highest BCUT2D eigenvalue weighted by molar-refractivity contribution is 5.72. The van der Waals surface area contributed by atoms with Crippen molar-refractivity contribution in [1.29, 1.82) is 0 Å². The molecule has 1 N–H and O–H groups in total. The zero-order chi connectivity index (χ0) is 13.7. The molecule has 0 spiro atoms. The molecule has 2 aliphatic heterocycles. The first-order chi connectivity index (χ1) is 9.66. The zero-order valence-electron chi connectivity index (χ0n) is 11.9. The van der Waals surface area contributed by atoms with Gasteiger partial charge >= 0.3 is 0 Å². The molecule has 5 heteroatoms. The highest BCUT2D eigenvalue weighted by atomic mass is 15.3. The van der Waals surface area contributed by atoms with Gasteiger partial charge in [-0.05, 0) is 37.8 Å². The number of nitrogens with zero attached hydrogens (tertiary/aromatic N) is 4. The number of nitrogens with one attached hydrogen (secondary N) is 1. The van der Waals surface area contributed by atoms with Gasteiger partial charge < -0.3 is 10.2 Å². The summed E-state index contributed by atoms with van der Waals surface area (Å²) in [4.78, 5) is 15.8. The van der Waals surface area contributed by atoms with E-state index in [0.717, 1.165) is 42.5 Å². The van der Waals surface area contributed by atoms with Crippen molar-refractivity contribution in [2.75, 3.05) is 24.5 Å². The summed E-state index contributed by atoms with van der Waals surface area (Å²) in [7, 11) is 0. The normalized spacial score (nSPS) is 28.0. The number of pyridine rings is 1. The predicted molar refractivity (Wildman–Crippen MR) is 78.6 cm³/mol. The van der Waals surface area contributed by atoms with E-state index < -0.39 is 0 Å². The highest BCUT2D eigenvalue weighted by Gasteiger charge is 2.49. The Bertz CT molecular complexity index is 654. The van der Waals surface area contributed by atoms with Gasteiger partial charge in [0.25, 0.3) is 0 Å². The number of aromatic nitrogens is 3. The van der Waals surface area contributed by atoms with Crippen LogP contribution < -0.4 is 10.2 Å². The first-order valence-corrected chi connectivity index (χ1v) is 7.22. The fraction of sp³-hybridized carbons (Fsp3) is 0.533. The number of hydrogen-bond donors (Lipinski definition) is 1. The van der Waals surface area contributed by atoms with Crippen molar-refractivity contribution in [2.45, 2.75) is 19.4 Å². The number of rotatable bonds is 1. The smallest absolute Gasteiger partial charge is 0.180 e. The molecule has 0 bridgehead atoms. The molecule has 0 aliphatic carbocycles. The lowest BCUT2D eigenvalue weighted by atomic mass is 9.85. The van der Waals surface area contributed by atoms with Gasteiger partial charge in [0, 0.05) is 37.6 Å². The van der Waals surface area contributed by atoms with Gasteiger partial charge in [-0.3, -0.25) is 4.98 Å². The van der Waals surface area contributed by atoms with E-state index in [0.29, 0.717) is 5.92 Å². The Hall–Kier alpha value is -1.75. The molecule has 0 aromatic carbocycles. The molecule has 104 valence electrons. The van der Waals surface area contributed by atoms with Gasteiger partial charge in [-0.1, -0.05) is 0 Å². The van der Waals surface area contributed by atoms with Crippen molar-refractivity contribution in [1.82, 2.24) is 20.3 Å². The Morgan fingerprint density at radius 3 is 2.90 bits per heavy atom. The van der Waals surface area contributed by atoms with E-state index in [4.69, 9.17) is 4.98 Å². The molecule has 2 aromatic rings. The largest absolute Gasteiger partial charge is 0.351 e. The minimum absolute atomic E-state index is 0.136. The second-order valence-electron chi connectivity index (χ2n) is 6.36. The molecular weight excluding hydrogens is 250 g/mol. The van der Waals surface area contributed by atoms with Gasteiger partial charge in [-0.15, -0.1) is 0 Å². The van der Waals surface area contributed by atoms with Crippen molar-refractivity contribution in [3.8, 4) is 0 Å². The second kappa shape index (κ2) is 4.12. The molecule has 2 saturated heterocycles. The van der Waals surface area contributed by atoms with E-state index in [2.05, 4.69) is 40.1 Å². The molecule has 4 heterocycles. The van der Waals surface area contributed by atoms with Crippen LogP contribution in [0.5, 0.6) is 0 Å². The van der Waals surface area contributed by atoms with Crippen molar-refractivity contribution in [3.05, 3.63) is 24.5 Å². The summed E-state index contributed by atoms with van der Waals surface area (Å²) in [5.41, 5.74) is 1.72. The molecular formula is C15H19N5. The first kappa shape index (κ1) is 12.0. The van der Waals surface area contributed by atoms with Crippen LogP contribution in [0, 0.1) is 11.8 Å². The van der Waals surface area contributed by atoms with Gasteiger partial charge in [-0.25, -0.2) is 9.97 Å². The molecule has 2 unspecified atom stereocenters. The molecule has 2 aromatic heterocycles. The van der Waals surface area contributed by atoms with Gasteiger partial charge in [0.05, 0.1) is 0 Å². The van der Waals surface area contributed by atoms with E-state index in [1.54, 1.807) is 12.4 Å². The third kappa shape index (κ3) is 1.62. The average Bonchev–Trinajstić information content (AvgIpc) is 3.01. The number of hydrogen-bond acceptors (Lipinski definition) is 5. The first-order valence-electron chi connectivity index (χ1n) is 7.22. The van der Waals surface area contributed by atoms with Crippen LogP contribution in [0.3, 0.4) is 0 Å². The zero-order valence-corrected chi connectivity index (χ0v) is 11.9. The molecule has 0 amide bonds. The molecule has 4 rings (SSSR count). The monoisotopic (exact) mass is 269 g/mol. The van der Waals surface area contributed by atoms with Crippen LogP contribution >= 0.6 is 0 Å². The van der Waals surface area contributed by atoms with E-state index in [-0.39, 0.29) is 5.54 Å². The van der Waals surface area contributed by atoms with Crippen LogP contribution in [0.25, 0.3) is 11.2 Å². The van der Waals surface area contributed by atoms with Crippen LogP contribution in [0.1, 0.15) is 13.8 Å². The SMILES string of the molecule is CC1(C)C2CNCC2CN1c1ccc2nccnc2n1.